The molecule has 1 aromatic rings. The molecule has 2 rings (SSSR count). The molecule has 19 heavy (non-hydrogen) atoms. The predicted molar refractivity (Wildman–Crippen MR) is 79.8 cm³/mol. The standard InChI is InChI=1S/C12H20BrN5O/c1-16(2)11-12(15-10(13)9-14-11)18-5-3-17(4-6-18)7-8-19/h9,19H,3-8H2,1-2H3. The van der Waals surface area contributed by atoms with Crippen molar-refractivity contribution in [1.29, 1.82) is 0 Å². The molecule has 0 spiro atoms. The van der Waals surface area contributed by atoms with Crippen LogP contribution in [0.2, 0.25) is 0 Å². The van der Waals surface area contributed by atoms with Crippen molar-refractivity contribution in [2.75, 3.05) is 63.2 Å². The Hall–Kier alpha value is -0.920. The molecule has 106 valence electrons. The molecular formula is C12H20BrN5O. The molecule has 0 amide bonds. The highest BCUT2D eigenvalue weighted by Crippen LogP contribution is 2.26. The summed E-state index contributed by atoms with van der Waals surface area (Å²) < 4.78 is 0.755. The second-order valence-electron chi connectivity index (χ2n) is 4.79. The van der Waals surface area contributed by atoms with Crippen LogP contribution in [0, 0.1) is 0 Å². The van der Waals surface area contributed by atoms with Gasteiger partial charge in [0.25, 0.3) is 0 Å². The lowest BCUT2D eigenvalue weighted by Crippen LogP contribution is -2.47. The van der Waals surface area contributed by atoms with Gasteiger partial charge in [-0.15, -0.1) is 0 Å². The second kappa shape index (κ2) is 6.49. The van der Waals surface area contributed by atoms with E-state index >= 15 is 0 Å². The second-order valence-corrected chi connectivity index (χ2v) is 5.60. The maximum absolute atomic E-state index is 8.96. The Labute approximate surface area is 122 Å². The van der Waals surface area contributed by atoms with E-state index in [1.165, 1.54) is 0 Å². The van der Waals surface area contributed by atoms with Crippen LogP contribution in [-0.2, 0) is 0 Å². The molecule has 0 radical (unpaired) electrons. The van der Waals surface area contributed by atoms with Gasteiger partial charge in [0.1, 0.15) is 4.60 Å². The molecule has 0 bridgehead atoms. The van der Waals surface area contributed by atoms with Crippen LogP contribution >= 0.6 is 15.9 Å². The zero-order valence-corrected chi connectivity index (χ0v) is 13.0. The van der Waals surface area contributed by atoms with Gasteiger partial charge in [-0.1, -0.05) is 0 Å². The van der Waals surface area contributed by atoms with Gasteiger partial charge in [0, 0.05) is 46.8 Å². The van der Waals surface area contributed by atoms with Gasteiger partial charge in [0.05, 0.1) is 12.8 Å². The summed E-state index contributed by atoms with van der Waals surface area (Å²) in [5.74, 6) is 1.81. The van der Waals surface area contributed by atoms with E-state index < -0.39 is 0 Å². The molecule has 0 saturated carbocycles. The molecule has 1 N–H and O–H groups in total. The van der Waals surface area contributed by atoms with Crippen molar-refractivity contribution in [3.05, 3.63) is 10.8 Å². The first-order valence-electron chi connectivity index (χ1n) is 6.40. The van der Waals surface area contributed by atoms with Gasteiger partial charge < -0.3 is 14.9 Å². The van der Waals surface area contributed by atoms with E-state index in [1.54, 1.807) is 6.20 Å². The molecule has 0 unspecified atom stereocenters. The minimum atomic E-state index is 0.222. The number of halogens is 1. The summed E-state index contributed by atoms with van der Waals surface area (Å²) >= 11 is 3.39. The van der Waals surface area contributed by atoms with Crippen molar-refractivity contribution in [2.24, 2.45) is 0 Å². The third-order valence-electron chi connectivity index (χ3n) is 3.22. The average molecular weight is 330 g/mol. The van der Waals surface area contributed by atoms with Gasteiger partial charge >= 0.3 is 0 Å². The van der Waals surface area contributed by atoms with E-state index in [2.05, 4.69) is 35.7 Å². The van der Waals surface area contributed by atoms with Crippen LogP contribution < -0.4 is 9.80 Å². The zero-order chi connectivity index (χ0) is 13.8. The summed E-state index contributed by atoms with van der Waals surface area (Å²) in [6.07, 6.45) is 1.72. The third-order valence-corrected chi connectivity index (χ3v) is 3.60. The summed E-state index contributed by atoms with van der Waals surface area (Å²) in [4.78, 5) is 15.5. The monoisotopic (exact) mass is 329 g/mol. The SMILES string of the molecule is CN(C)c1ncc(Br)nc1N1CCN(CCO)CC1. The lowest BCUT2D eigenvalue weighted by Gasteiger charge is -2.36. The highest BCUT2D eigenvalue weighted by Gasteiger charge is 2.21. The normalized spacial score (nSPS) is 16.7. The molecule has 0 aliphatic carbocycles. The highest BCUT2D eigenvalue weighted by atomic mass is 79.9. The number of aromatic nitrogens is 2. The van der Waals surface area contributed by atoms with Gasteiger partial charge in [0.2, 0.25) is 0 Å². The van der Waals surface area contributed by atoms with Crippen LogP contribution in [0.25, 0.3) is 0 Å². The molecular weight excluding hydrogens is 310 g/mol. The molecule has 1 aromatic heterocycles. The molecule has 1 saturated heterocycles. The Morgan fingerprint density at radius 2 is 2.00 bits per heavy atom. The van der Waals surface area contributed by atoms with Crippen LogP contribution in [0.1, 0.15) is 0 Å². The van der Waals surface area contributed by atoms with E-state index in [1.807, 2.05) is 19.0 Å². The first kappa shape index (κ1) is 14.5. The Morgan fingerprint density at radius 3 is 2.58 bits per heavy atom. The molecule has 1 aliphatic rings. The first-order chi connectivity index (χ1) is 9.11. The summed E-state index contributed by atoms with van der Waals surface area (Å²) in [7, 11) is 3.95. The maximum atomic E-state index is 8.96. The lowest BCUT2D eigenvalue weighted by atomic mass is 10.3. The minimum Gasteiger partial charge on any atom is -0.395 e. The number of piperazine rings is 1. The fourth-order valence-electron chi connectivity index (χ4n) is 2.20. The largest absolute Gasteiger partial charge is 0.395 e. The summed E-state index contributed by atoms with van der Waals surface area (Å²) in [5, 5.41) is 8.96. The smallest absolute Gasteiger partial charge is 0.173 e. The first-order valence-corrected chi connectivity index (χ1v) is 7.19. The number of nitrogens with zero attached hydrogens (tertiary/aromatic N) is 5. The third kappa shape index (κ3) is 3.55. The quantitative estimate of drug-likeness (QED) is 0.864. The van der Waals surface area contributed by atoms with E-state index in [4.69, 9.17) is 5.11 Å². The molecule has 0 aromatic carbocycles. The van der Waals surface area contributed by atoms with Gasteiger partial charge in [0.15, 0.2) is 11.6 Å². The number of aliphatic hydroxyl groups is 1. The molecule has 1 aliphatic heterocycles. The fourth-order valence-corrected chi connectivity index (χ4v) is 2.47. The average Bonchev–Trinajstić information content (AvgIpc) is 2.39. The van der Waals surface area contributed by atoms with E-state index in [0.717, 1.165) is 49.0 Å². The number of anilines is 2. The Morgan fingerprint density at radius 1 is 1.32 bits per heavy atom. The lowest BCUT2D eigenvalue weighted by molar-refractivity contribution is 0.188. The van der Waals surface area contributed by atoms with Crippen LogP contribution in [-0.4, -0.2) is 73.4 Å². The number of rotatable bonds is 4. The van der Waals surface area contributed by atoms with E-state index in [0.29, 0.717) is 0 Å². The van der Waals surface area contributed by atoms with Crippen LogP contribution in [0.5, 0.6) is 0 Å². The van der Waals surface area contributed by atoms with Crippen molar-refractivity contribution >= 4 is 27.6 Å². The Kier molecular flexibility index (Phi) is 4.95. The molecule has 6 nitrogen and oxygen atoms in total. The van der Waals surface area contributed by atoms with Gasteiger partial charge in [-0.2, -0.15) is 0 Å². The van der Waals surface area contributed by atoms with Gasteiger partial charge in [-0.05, 0) is 15.9 Å². The topological polar surface area (TPSA) is 55.7 Å². The summed E-state index contributed by atoms with van der Waals surface area (Å²) in [6.45, 7) is 4.68. The highest BCUT2D eigenvalue weighted by molar-refractivity contribution is 9.10. The van der Waals surface area contributed by atoms with Crippen molar-refractivity contribution in [3.63, 3.8) is 0 Å². The number of hydrogen-bond donors (Lipinski definition) is 1. The van der Waals surface area contributed by atoms with Crippen molar-refractivity contribution < 1.29 is 5.11 Å². The van der Waals surface area contributed by atoms with E-state index in [-0.39, 0.29) is 6.61 Å². The number of β-amino-alcohol motifs (C(OH)–C–C–N with tert-alkyl or cyclic N) is 1. The minimum absolute atomic E-state index is 0.222. The molecule has 1 fully saturated rings. The fraction of sp³-hybridized carbons (Fsp3) is 0.667. The number of hydrogen-bond acceptors (Lipinski definition) is 6. The van der Waals surface area contributed by atoms with Crippen LogP contribution in [0.4, 0.5) is 11.6 Å². The Balaban J connectivity index is 2.12. The van der Waals surface area contributed by atoms with E-state index in [9.17, 15) is 0 Å². The Bertz CT molecular complexity index is 421. The van der Waals surface area contributed by atoms with Gasteiger partial charge in [-0.3, -0.25) is 4.90 Å². The predicted octanol–water partition coefficient (Wildman–Crippen LogP) is 0.419. The molecule has 2 heterocycles. The molecule has 7 heteroatoms. The number of aliphatic hydroxyl groups excluding tert-OH is 1. The van der Waals surface area contributed by atoms with Crippen molar-refractivity contribution in [2.45, 2.75) is 0 Å². The van der Waals surface area contributed by atoms with Crippen LogP contribution in [0.3, 0.4) is 0 Å². The van der Waals surface area contributed by atoms with Crippen LogP contribution in [0.15, 0.2) is 10.8 Å². The zero-order valence-electron chi connectivity index (χ0n) is 11.4. The van der Waals surface area contributed by atoms with Crippen molar-refractivity contribution in [1.82, 2.24) is 14.9 Å². The molecule has 0 atom stereocenters. The summed E-state index contributed by atoms with van der Waals surface area (Å²) in [6, 6.07) is 0. The maximum Gasteiger partial charge on any atom is 0.173 e. The summed E-state index contributed by atoms with van der Waals surface area (Å²) in [5.41, 5.74) is 0. The van der Waals surface area contributed by atoms with Gasteiger partial charge in [-0.25, -0.2) is 9.97 Å². The van der Waals surface area contributed by atoms with Crippen molar-refractivity contribution in [3.8, 4) is 0 Å².